The van der Waals surface area contributed by atoms with Crippen LogP contribution in [0.25, 0.3) is 11.0 Å². The van der Waals surface area contributed by atoms with Gasteiger partial charge in [0.15, 0.2) is 0 Å². The van der Waals surface area contributed by atoms with E-state index in [2.05, 4.69) is 10.6 Å². The van der Waals surface area contributed by atoms with Gasteiger partial charge in [-0.3, -0.25) is 4.79 Å². The summed E-state index contributed by atoms with van der Waals surface area (Å²) in [5, 5.41) is 6.92. The average Bonchev–Trinajstić information content (AvgIpc) is 2.99. The minimum Gasteiger partial charge on any atom is -0.422 e. The number of hydrogen-bond donors (Lipinski definition) is 2. The molecular formula is C16H18N2O3. The largest absolute Gasteiger partial charge is 0.422 e. The molecule has 2 heterocycles. The average molecular weight is 286 g/mol. The zero-order valence-corrected chi connectivity index (χ0v) is 11.7. The third-order valence-corrected chi connectivity index (χ3v) is 3.83. The lowest BCUT2D eigenvalue weighted by Gasteiger charge is -2.10. The molecule has 2 aromatic rings. The summed E-state index contributed by atoms with van der Waals surface area (Å²) in [6.07, 6.45) is 3.21. The maximum Gasteiger partial charge on any atom is 0.349 e. The van der Waals surface area contributed by atoms with Gasteiger partial charge in [0.2, 0.25) is 0 Å². The summed E-state index contributed by atoms with van der Waals surface area (Å²) in [4.78, 5) is 23.9. The van der Waals surface area contributed by atoms with E-state index in [1.807, 2.05) is 12.1 Å². The summed E-state index contributed by atoms with van der Waals surface area (Å²) in [7, 11) is 0. The van der Waals surface area contributed by atoms with Crippen LogP contribution in [0.4, 0.5) is 0 Å². The van der Waals surface area contributed by atoms with Crippen molar-refractivity contribution in [1.82, 2.24) is 10.6 Å². The van der Waals surface area contributed by atoms with E-state index in [0.717, 1.165) is 24.8 Å². The normalized spacial score (nSPS) is 18.0. The van der Waals surface area contributed by atoms with Crippen molar-refractivity contribution in [2.75, 3.05) is 13.1 Å². The van der Waals surface area contributed by atoms with E-state index in [1.54, 1.807) is 18.2 Å². The van der Waals surface area contributed by atoms with Gasteiger partial charge in [0.25, 0.3) is 5.91 Å². The van der Waals surface area contributed by atoms with Crippen molar-refractivity contribution in [3.63, 3.8) is 0 Å². The van der Waals surface area contributed by atoms with Crippen LogP contribution in [0.2, 0.25) is 0 Å². The van der Waals surface area contributed by atoms with Gasteiger partial charge in [0, 0.05) is 18.0 Å². The Balaban J connectivity index is 1.68. The number of carbonyl (C=O) groups is 1. The Kier molecular flexibility index (Phi) is 4.01. The van der Waals surface area contributed by atoms with Gasteiger partial charge < -0.3 is 15.1 Å². The molecule has 5 heteroatoms. The number of fused-ring (bicyclic) bond motifs is 1. The Morgan fingerprint density at radius 2 is 2.24 bits per heavy atom. The molecule has 5 nitrogen and oxygen atoms in total. The molecule has 110 valence electrons. The Bertz CT molecular complexity index is 702. The van der Waals surface area contributed by atoms with Crippen molar-refractivity contribution in [2.24, 2.45) is 0 Å². The monoisotopic (exact) mass is 286 g/mol. The highest BCUT2D eigenvalue weighted by atomic mass is 16.4. The second-order valence-corrected chi connectivity index (χ2v) is 5.32. The Hall–Kier alpha value is -2.14. The zero-order valence-electron chi connectivity index (χ0n) is 11.7. The van der Waals surface area contributed by atoms with Crippen LogP contribution >= 0.6 is 0 Å². The molecule has 1 aliphatic rings. The van der Waals surface area contributed by atoms with Crippen LogP contribution in [-0.4, -0.2) is 25.0 Å². The van der Waals surface area contributed by atoms with E-state index in [0.29, 0.717) is 18.2 Å². The summed E-state index contributed by atoms with van der Waals surface area (Å²) in [5.74, 6) is -0.368. The maximum atomic E-state index is 12.1. The molecular weight excluding hydrogens is 268 g/mol. The SMILES string of the molecule is O=C(NCC[C@@H]1CCCN1)c1cc2ccccc2oc1=O. The highest BCUT2D eigenvalue weighted by Crippen LogP contribution is 2.12. The van der Waals surface area contributed by atoms with Crippen molar-refractivity contribution < 1.29 is 9.21 Å². The standard InChI is InChI=1S/C16H18N2O3/c19-15(18-9-7-12-5-3-8-17-12)13-10-11-4-1-2-6-14(11)21-16(13)20/h1-2,4,6,10,12,17H,3,5,7-9H2,(H,18,19)/t12-/m0/s1. The van der Waals surface area contributed by atoms with Crippen molar-refractivity contribution in [3.8, 4) is 0 Å². The number of amides is 1. The van der Waals surface area contributed by atoms with Crippen molar-refractivity contribution >= 4 is 16.9 Å². The fourth-order valence-electron chi connectivity index (χ4n) is 2.68. The Labute approximate surface area is 122 Å². The van der Waals surface area contributed by atoms with Crippen molar-refractivity contribution in [2.45, 2.75) is 25.3 Å². The third kappa shape index (κ3) is 3.13. The summed E-state index contributed by atoms with van der Waals surface area (Å²) in [5.41, 5.74) is -0.0347. The van der Waals surface area contributed by atoms with Gasteiger partial charge in [-0.05, 0) is 37.9 Å². The lowest BCUT2D eigenvalue weighted by atomic mass is 10.1. The predicted octanol–water partition coefficient (Wildman–Crippen LogP) is 1.66. The minimum absolute atomic E-state index is 0.0630. The quantitative estimate of drug-likeness (QED) is 0.839. The first-order valence-corrected chi connectivity index (χ1v) is 7.28. The highest BCUT2D eigenvalue weighted by Gasteiger charge is 2.16. The molecule has 1 amide bonds. The van der Waals surface area contributed by atoms with Crippen LogP contribution in [0.1, 0.15) is 29.6 Å². The van der Waals surface area contributed by atoms with E-state index < -0.39 is 5.63 Å². The molecule has 0 aliphatic carbocycles. The van der Waals surface area contributed by atoms with E-state index in [1.165, 1.54) is 6.42 Å². The van der Waals surface area contributed by atoms with Crippen LogP contribution in [0.5, 0.6) is 0 Å². The molecule has 0 bridgehead atoms. The molecule has 1 atom stereocenters. The molecule has 1 saturated heterocycles. The first-order chi connectivity index (χ1) is 10.2. The van der Waals surface area contributed by atoms with Gasteiger partial charge in [-0.2, -0.15) is 0 Å². The number of nitrogens with one attached hydrogen (secondary N) is 2. The number of hydrogen-bond acceptors (Lipinski definition) is 4. The predicted molar refractivity (Wildman–Crippen MR) is 80.5 cm³/mol. The topological polar surface area (TPSA) is 71.3 Å². The van der Waals surface area contributed by atoms with Crippen LogP contribution in [0.3, 0.4) is 0 Å². The van der Waals surface area contributed by atoms with Crippen LogP contribution in [0, 0.1) is 0 Å². The third-order valence-electron chi connectivity index (χ3n) is 3.83. The summed E-state index contributed by atoms with van der Waals surface area (Å²) in [6, 6.07) is 9.22. The van der Waals surface area contributed by atoms with Crippen LogP contribution in [-0.2, 0) is 0 Å². The maximum absolute atomic E-state index is 12.1. The van der Waals surface area contributed by atoms with Crippen LogP contribution in [0.15, 0.2) is 39.5 Å². The van der Waals surface area contributed by atoms with E-state index in [-0.39, 0.29) is 11.5 Å². The number of benzene rings is 1. The Morgan fingerprint density at radius 1 is 1.38 bits per heavy atom. The summed E-state index contributed by atoms with van der Waals surface area (Å²) < 4.78 is 5.16. The number of carbonyl (C=O) groups excluding carboxylic acids is 1. The first-order valence-electron chi connectivity index (χ1n) is 7.28. The van der Waals surface area contributed by atoms with E-state index in [4.69, 9.17) is 4.42 Å². The minimum atomic E-state index is -0.592. The summed E-state index contributed by atoms with van der Waals surface area (Å²) >= 11 is 0. The van der Waals surface area contributed by atoms with Crippen molar-refractivity contribution in [3.05, 3.63) is 46.3 Å². The molecule has 0 saturated carbocycles. The van der Waals surface area contributed by atoms with Gasteiger partial charge in [0.05, 0.1) is 0 Å². The fourth-order valence-corrected chi connectivity index (χ4v) is 2.68. The first kappa shape index (κ1) is 13.8. The van der Waals surface area contributed by atoms with Gasteiger partial charge >= 0.3 is 5.63 Å². The molecule has 1 aromatic carbocycles. The Morgan fingerprint density at radius 3 is 3.05 bits per heavy atom. The molecule has 2 N–H and O–H groups in total. The number of rotatable bonds is 4. The molecule has 0 spiro atoms. The van der Waals surface area contributed by atoms with Crippen molar-refractivity contribution in [1.29, 1.82) is 0 Å². The summed E-state index contributed by atoms with van der Waals surface area (Å²) in [6.45, 7) is 1.61. The van der Waals surface area contributed by atoms with E-state index in [9.17, 15) is 9.59 Å². The van der Waals surface area contributed by atoms with Gasteiger partial charge in [0.1, 0.15) is 11.1 Å². The van der Waals surface area contributed by atoms with E-state index >= 15 is 0 Å². The van der Waals surface area contributed by atoms with Gasteiger partial charge in [-0.25, -0.2) is 4.79 Å². The molecule has 1 aromatic heterocycles. The molecule has 1 fully saturated rings. The lowest BCUT2D eigenvalue weighted by molar-refractivity contribution is 0.0949. The smallest absolute Gasteiger partial charge is 0.349 e. The van der Waals surface area contributed by atoms with Gasteiger partial charge in [-0.1, -0.05) is 18.2 Å². The second-order valence-electron chi connectivity index (χ2n) is 5.32. The molecule has 0 radical (unpaired) electrons. The molecule has 1 aliphatic heterocycles. The van der Waals surface area contributed by atoms with Gasteiger partial charge in [-0.15, -0.1) is 0 Å². The van der Waals surface area contributed by atoms with Crippen LogP contribution < -0.4 is 16.3 Å². The lowest BCUT2D eigenvalue weighted by Crippen LogP contribution is -2.32. The fraction of sp³-hybridized carbons (Fsp3) is 0.375. The number of para-hydroxylation sites is 1. The molecule has 21 heavy (non-hydrogen) atoms. The molecule has 0 unspecified atom stereocenters. The highest BCUT2D eigenvalue weighted by molar-refractivity contribution is 5.96. The molecule has 3 rings (SSSR count). The second kappa shape index (κ2) is 6.10. The zero-order chi connectivity index (χ0) is 14.7.